The van der Waals surface area contributed by atoms with Gasteiger partial charge in [0.1, 0.15) is 6.61 Å². The molecule has 0 aliphatic carbocycles. The standard InChI is InChI=1S/C8H16O3/c1-6(2)8(10-4)5-11-7(3)9/h6,8H,5H2,1-4H3. The molecular weight excluding hydrogens is 144 g/mol. The monoisotopic (exact) mass is 160 g/mol. The molecule has 0 aromatic carbocycles. The normalized spacial score (nSPS) is 13.2. The molecule has 0 N–H and O–H groups in total. The van der Waals surface area contributed by atoms with Gasteiger partial charge >= 0.3 is 5.97 Å². The van der Waals surface area contributed by atoms with E-state index in [1.807, 2.05) is 13.8 Å². The predicted octanol–water partition coefficient (Wildman–Crippen LogP) is 1.22. The number of methoxy groups -OCH3 is 1. The second kappa shape index (κ2) is 5.13. The summed E-state index contributed by atoms with van der Waals surface area (Å²) in [6.07, 6.45) is 0.0129. The van der Waals surface area contributed by atoms with Gasteiger partial charge in [0.15, 0.2) is 0 Å². The van der Waals surface area contributed by atoms with Crippen molar-refractivity contribution in [3.8, 4) is 0 Å². The van der Waals surface area contributed by atoms with Gasteiger partial charge in [-0.1, -0.05) is 13.8 Å². The van der Waals surface area contributed by atoms with E-state index in [1.54, 1.807) is 7.11 Å². The van der Waals surface area contributed by atoms with Gasteiger partial charge in [0.05, 0.1) is 6.10 Å². The van der Waals surface area contributed by atoms with Crippen molar-refractivity contribution in [2.45, 2.75) is 26.9 Å². The van der Waals surface area contributed by atoms with Crippen LogP contribution in [0.4, 0.5) is 0 Å². The molecule has 0 saturated heterocycles. The lowest BCUT2D eigenvalue weighted by molar-refractivity contribution is -0.145. The molecule has 1 unspecified atom stereocenters. The number of carbonyl (C=O) groups excluding carboxylic acids is 1. The Kier molecular flexibility index (Phi) is 4.86. The Labute approximate surface area is 67.7 Å². The van der Waals surface area contributed by atoms with Gasteiger partial charge in [-0.05, 0) is 5.92 Å². The molecule has 0 radical (unpaired) electrons. The van der Waals surface area contributed by atoms with Crippen molar-refractivity contribution in [3.05, 3.63) is 0 Å². The zero-order valence-corrected chi connectivity index (χ0v) is 7.59. The molecule has 0 heterocycles. The minimum Gasteiger partial charge on any atom is -0.463 e. The number of hydrogen-bond acceptors (Lipinski definition) is 3. The van der Waals surface area contributed by atoms with E-state index in [4.69, 9.17) is 9.47 Å². The first-order valence-electron chi connectivity index (χ1n) is 3.74. The summed E-state index contributed by atoms with van der Waals surface area (Å²) in [4.78, 5) is 10.4. The SMILES string of the molecule is COC(COC(C)=O)C(C)C. The van der Waals surface area contributed by atoms with Gasteiger partial charge in [0.2, 0.25) is 0 Å². The van der Waals surface area contributed by atoms with Crippen LogP contribution in [0.3, 0.4) is 0 Å². The van der Waals surface area contributed by atoms with E-state index in [9.17, 15) is 4.79 Å². The van der Waals surface area contributed by atoms with Crippen LogP contribution in [0.15, 0.2) is 0 Å². The Balaban J connectivity index is 3.61. The van der Waals surface area contributed by atoms with Gasteiger partial charge in [-0.15, -0.1) is 0 Å². The molecule has 0 aromatic rings. The molecule has 3 heteroatoms. The third-order valence-electron chi connectivity index (χ3n) is 1.50. The third kappa shape index (κ3) is 4.79. The van der Waals surface area contributed by atoms with Crippen LogP contribution in [-0.4, -0.2) is 25.8 Å². The van der Waals surface area contributed by atoms with E-state index in [0.29, 0.717) is 12.5 Å². The smallest absolute Gasteiger partial charge is 0.302 e. The van der Waals surface area contributed by atoms with Crippen molar-refractivity contribution in [2.75, 3.05) is 13.7 Å². The minimum absolute atomic E-state index is 0.0129. The minimum atomic E-state index is -0.257. The van der Waals surface area contributed by atoms with Gasteiger partial charge in [-0.25, -0.2) is 0 Å². The molecule has 0 aromatic heterocycles. The number of ether oxygens (including phenoxy) is 2. The highest BCUT2D eigenvalue weighted by Crippen LogP contribution is 2.05. The quantitative estimate of drug-likeness (QED) is 0.580. The summed E-state index contributed by atoms with van der Waals surface area (Å²) in [5.41, 5.74) is 0. The van der Waals surface area contributed by atoms with Crippen LogP contribution in [0.25, 0.3) is 0 Å². The van der Waals surface area contributed by atoms with Crippen LogP contribution in [-0.2, 0) is 14.3 Å². The van der Waals surface area contributed by atoms with E-state index in [-0.39, 0.29) is 12.1 Å². The van der Waals surface area contributed by atoms with E-state index >= 15 is 0 Å². The Hall–Kier alpha value is -0.570. The molecule has 0 amide bonds. The second-order valence-corrected chi connectivity index (χ2v) is 2.82. The van der Waals surface area contributed by atoms with Gasteiger partial charge in [-0.2, -0.15) is 0 Å². The Morgan fingerprint density at radius 3 is 2.27 bits per heavy atom. The second-order valence-electron chi connectivity index (χ2n) is 2.82. The average molecular weight is 160 g/mol. The third-order valence-corrected chi connectivity index (χ3v) is 1.50. The Bertz CT molecular complexity index is 121. The van der Waals surface area contributed by atoms with Gasteiger partial charge < -0.3 is 9.47 Å². The fourth-order valence-electron chi connectivity index (χ4n) is 0.732. The van der Waals surface area contributed by atoms with Crippen LogP contribution in [0.2, 0.25) is 0 Å². The lowest BCUT2D eigenvalue weighted by Gasteiger charge is -2.18. The van der Waals surface area contributed by atoms with E-state index in [0.717, 1.165) is 0 Å². The first-order chi connectivity index (χ1) is 5.07. The largest absolute Gasteiger partial charge is 0.463 e. The highest BCUT2D eigenvalue weighted by atomic mass is 16.6. The lowest BCUT2D eigenvalue weighted by atomic mass is 10.1. The average Bonchev–Trinajstić information content (AvgIpc) is 1.87. The Morgan fingerprint density at radius 1 is 1.45 bits per heavy atom. The number of hydrogen-bond donors (Lipinski definition) is 0. The lowest BCUT2D eigenvalue weighted by Crippen LogP contribution is -2.25. The zero-order chi connectivity index (χ0) is 8.85. The van der Waals surface area contributed by atoms with E-state index in [1.165, 1.54) is 6.92 Å². The van der Waals surface area contributed by atoms with Gasteiger partial charge in [0, 0.05) is 14.0 Å². The highest BCUT2D eigenvalue weighted by molar-refractivity contribution is 5.65. The zero-order valence-electron chi connectivity index (χ0n) is 7.59. The fraction of sp³-hybridized carbons (Fsp3) is 0.875. The molecule has 0 bridgehead atoms. The topological polar surface area (TPSA) is 35.5 Å². The molecule has 0 aliphatic heterocycles. The summed E-state index contributed by atoms with van der Waals surface area (Å²) in [5, 5.41) is 0. The number of rotatable bonds is 4. The molecule has 66 valence electrons. The maximum atomic E-state index is 10.4. The molecule has 0 saturated carbocycles. The summed E-state index contributed by atoms with van der Waals surface area (Å²) in [7, 11) is 1.62. The van der Waals surface area contributed by atoms with Crippen molar-refractivity contribution in [3.63, 3.8) is 0 Å². The summed E-state index contributed by atoms with van der Waals surface area (Å²) < 4.78 is 9.88. The first-order valence-corrected chi connectivity index (χ1v) is 3.74. The summed E-state index contributed by atoms with van der Waals surface area (Å²) in [6, 6.07) is 0. The van der Waals surface area contributed by atoms with Crippen LogP contribution >= 0.6 is 0 Å². The molecule has 0 aliphatic rings. The maximum absolute atomic E-state index is 10.4. The molecule has 0 rings (SSSR count). The van der Waals surface area contributed by atoms with Crippen molar-refractivity contribution in [1.29, 1.82) is 0 Å². The van der Waals surface area contributed by atoms with Crippen LogP contribution in [0, 0.1) is 5.92 Å². The van der Waals surface area contributed by atoms with Gasteiger partial charge in [0.25, 0.3) is 0 Å². The highest BCUT2D eigenvalue weighted by Gasteiger charge is 2.12. The van der Waals surface area contributed by atoms with Gasteiger partial charge in [-0.3, -0.25) is 4.79 Å². The molecule has 1 atom stereocenters. The molecule has 0 fully saturated rings. The first kappa shape index (κ1) is 10.4. The van der Waals surface area contributed by atoms with E-state index in [2.05, 4.69) is 0 Å². The van der Waals surface area contributed by atoms with Crippen molar-refractivity contribution in [1.82, 2.24) is 0 Å². The molecular formula is C8H16O3. The van der Waals surface area contributed by atoms with Crippen molar-refractivity contribution in [2.24, 2.45) is 5.92 Å². The molecule has 0 spiro atoms. The van der Waals surface area contributed by atoms with E-state index < -0.39 is 0 Å². The summed E-state index contributed by atoms with van der Waals surface area (Å²) >= 11 is 0. The van der Waals surface area contributed by atoms with Crippen LogP contribution in [0.5, 0.6) is 0 Å². The Morgan fingerprint density at radius 2 is 2.00 bits per heavy atom. The predicted molar refractivity (Wildman–Crippen MR) is 42.3 cm³/mol. The summed E-state index contributed by atoms with van der Waals surface area (Å²) in [5.74, 6) is 0.118. The molecule has 3 nitrogen and oxygen atoms in total. The van der Waals surface area contributed by atoms with Crippen molar-refractivity contribution >= 4 is 5.97 Å². The number of carbonyl (C=O) groups is 1. The summed E-state index contributed by atoms with van der Waals surface area (Å²) in [6.45, 7) is 5.80. The van der Waals surface area contributed by atoms with Crippen LogP contribution < -0.4 is 0 Å². The molecule has 11 heavy (non-hydrogen) atoms. The fourth-order valence-corrected chi connectivity index (χ4v) is 0.732. The number of esters is 1. The van der Waals surface area contributed by atoms with Crippen LogP contribution in [0.1, 0.15) is 20.8 Å². The van der Waals surface area contributed by atoms with Crippen molar-refractivity contribution < 1.29 is 14.3 Å². The maximum Gasteiger partial charge on any atom is 0.302 e.